The normalized spacial score (nSPS) is 29.9. The van der Waals surface area contributed by atoms with Crippen molar-refractivity contribution in [1.29, 1.82) is 0 Å². The molecule has 0 amide bonds. The van der Waals surface area contributed by atoms with Crippen molar-refractivity contribution < 1.29 is 15.0 Å². The van der Waals surface area contributed by atoms with E-state index in [1.54, 1.807) is 0 Å². The fraction of sp³-hybridized carbons (Fsp3) is 0.923. The number of carbonyl (C=O) groups is 1. The Morgan fingerprint density at radius 3 is 2.29 bits per heavy atom. The van der Waals surface area contributed by atoms with Crippen molar-refractivity contribution in [2.45, 2.75) is 58.1 Å². The van der Waals surface area contributed by atoms with Crippen molar-refractivity contribution in [2.24, 2.45) is 5.92 Å². The number of carboxylic acid groups (broad SMARTS) is 1. The summed E-state index contributed by atoms with van der Waals surface area (Å²) in [6, 6.07) is 0.418. The van der Waals surface area contributed by atoms with E-state index in [-0.39, 0.29) is 5.92 Å². The lowest BCUT2D eigenvalue weighted by Gasteiger charge is -2.39. The first kappa shape index (κ1) is 14.5. The standard InChI is InChI=1S/C13H25NO3/c1-4-14(10(2)3)9-13(17)7-5-11(6-8-13)12(15)16/h10-11,17H,4-9H2,1-3H3,(H,15,16). The predicted molar refractivity (Wildman–Crippen MR) is 66.9 cm³/mol. The van der Waals surface area contributed by atoms with Crippen LogP contribution in [0.2, 0.25) is 0 Å². The molecule has 2 N–H and O–H groups in total. The topological polar surface area (TPSA) is 60.8 Å². The van der Waals surface area contributed by atoms with E-state index >= 15 is 0 Å². The SMILES string of the molecule is CCN(CC1(O)CCC(C(=O)O)CC1)C(C)C. The molecule has 1 rings (SSSR count). The third-order valence-electron chi connectivity index (χ3n) is 3.90. The van der Waals surface area contributed by atoms with Gasteiger partial charge in [0.2, 0.25) is 0 Å². The number of hydrogen-bond donors (Lipinski definition) is 2. The first-order chi connectivity index (χ1) is 7.88. The van der Waals surface area contributed by atoms with Crippen molar-refractivity contribution in [1.82, 2.24) is 4.90 Å². The highest BCUT2D eigenvalue weighted by molar-refractivity contribution is 5.70. The zero-order chi connectivity index (χ0) is 13.1. The number of nitrogens with zero attached hydrogens (tertiary/aromatic N) is 1. The Balaban J connectivity index is 2.51. The van der Waals surface area contributed by atoms with E-state index in [1.807, 2.05) is 0 Å². The lowest BCUT2D eigenvalue weighted by Crippen LogP contribution is -2.48. The lowest BCUT2D eigenvalue weighted by molar-refractivity contribution is -0.145. The van der Waals surface area contributed by atoms with Crippen LogP contribution < -0.4 is 0 Å². The van der Waals surface area contributed by atoms with Crippen molar-refractivity contribution in [3.63, 3.8) is 0 Å². The van der Waals surface area contributed by atoms with Crippen LogP contribution >= 0.6 is 0 Å². The average Bonchev–Trinajstić information content (AvgIpc) is 2.26. The number of aliphatic hydroxyl groups is 1. The molecule has 0 heterocycles. The molecule has 0 saturated heterocycles. The molecule has 1 aliphatic rings. The molecule has 0 aromatic heterocycles. The van der Waals surface area contributed by atoms with E-state index in [0.717, 1.165) is 6.54 Å². The molecule has 17 heavy (non-hydrogen) atoms. The van der Waals surface area contributed by atoms with Crippen LogP contribution in [0.4, 0.5) is 0 Å². The summed E-state index contributed by atoms with van der Waals surface area (Å²) in [5, 5.41) is 19.4. The van der Waals surface area contributed by atoms with Crippen molar-refractivity contribution in [3.05, 3.63) is 0 Å². The highest BCUT2D eigenvalue weighted by Gasteiger charge is 2.37. The van der Waals surface area contributed by atoms with Crippen LogP contribution in [0, 0.1) is 5.92 Å². The summed E-state index contributed by atoms with van der Waals surface area (Å²) in [5.74, 6) is -0.979. The minimum absolute atomic E-state index is 0.260. The number of carboxylic acids is 1. The van der Waals surface area contributed by atoms with E-state index in [9.17, 15) is 9.90 Å². The van der Waals surface area contributed by atoms with E-state index < -0.39 is 11.6 Å². The van der Waals surface area contributed by atoms with Crippen molar-refractivity contribution >= 4 is 5.97 Å². The van der Waals surface area contributed by atoms with Gasteiger partial charge in [-0.1, -0.05) is 6.92 Å². The number of likely N-dealkylation sites (N-methyl/N-ethyl adjacent to an activating group) is 1. The van der Waals surface area contributed by atoms with Gasteiger partial charge in [0.25, 0.3) is 0 Å². The molecule has 4 heteroatoms. The predicted octanol–water partition coefficient (Wildman–Crippen LogP) is 1.72. The second-order valence-corrected chi connectivity index (χ2v) is 5.49. The molecule has 0 aliphatic heterocycles. The molecule has 0 aromatic carbocycles. The largest absolute Gasteiger partial charge is 0.481 e. The molecule has 0 aromatic rings. The highest BCUT2D eigenvalue weighted by atomic mass is 16.4. The zero-order valence-electron chi connectivity index (χ0n) is 11.1. The second kappa shape index (κ2) is 5.83. The second-order valence-electron chi connectivity index (χ2n) is 5.49. The van der Waals surface area contributed by atoms with Gasteiger partial charge in [-0.15, -0.1) is 0 Å². The average molecular weight is 243 g/mol. The van der Waals surface area contributed by atoms with E-state index in [2.05, 4.69) is 25.7 Å². The van der Waals surface area contributed by atoms with Gasteiger partial charge in [-0.3, -0.25) is 9.69 Å². The van der Waals surface area contributed by atoms with Crippen LogP contribution in [0.1, 0.15) is 46.5 Å². The molecule has 0 unspecified atom stereocenters. The molecule has 0 radical (unpaired) electrons. The van der Waals surface area contributed by atoms with Gasteiger partial charge < -0.3 is 10.2 Å². The Morgan fingerprint density at radius 2 is 1.94 bits per heavy atom. The number of aliphatic carboxylic acids is 1. The third kappa shape index (κ3) is 3.96. The smallest absolute Gasteiger partial charge is 0.306 e. The van der Waals surface area contributed by atoms with Crippen LogP contribution in [-0.2, 0) is 4.79 Å². The van der Waals surface area contributed by atoms with Crippen molar-refractivity contribution in [2.75, 3.05) is 13.1 Å². The summed E-state index contributed by atoms with van der Waals surface area (Å²) < 4.78 is 0. The minimum atomic E-state index is -0.719. The molecule has 1 saturated carbocycles. The summed E-state index contributed by atoms with van der Waals surface area (Å²) in [4.78, 5) is 13.1. The summed E-state index contributed by atoms with van der Waals surface area (Å²) in [6.07, 6.45) is 2.41. The van der Waals surface area contributed by atoms with Crippen LogP contribution in [0.5, 0.6) is 0 Å². The molecule has 0 atom stereocenters. The molecule has 4 nitrogen and oxygen atoms in total. The maximum absolute atomic E-state index is 10.9. The fourth-order valence-electron chi connectivity index (χ4n) is 2.60. The van der Waals surface area contributed by atoms with Gasteiger partial charge in [0.15, 0.2) is 0 Å². The third-order valence-corrected chi connectivity index (χ3v) is 3.90. The molecular formula is C13H25NO3. The maximum atomic E-state index is 10.9. The Morgan fingerprint density at radius 1 is 1.41 bits per heavy atom. The first-order valence-corrected chi connectivity index (χ1v) is 6.57. The number of hydrogen-bond acceptors (Lipinski definition) is 3. The summed E-state index contributed by atoms with van der Waals surface area (Å²) >= 11 is 0. The Labute approximate surface area is 104 Å². The summed E-state index contributed by atoms with van der Waals surface area (Å²) in [5.41, 5.74) is -0.688. The molecule has 0 spiro atoms. The van der Waals surface area contributed by atoms with Crippen LogP contribution in [-0.4, -0.2) is 45.8 Å². The fourth-order valence-corrected chi connectivity index (χ4v) is 2.60. The monoisotopic (exact) mass is 243 g/mol. The molecular weight excluding hydrogens is 218 g/mol. The quantitative estimate of drug-likeness (QED) is 0.772. The molecule has 1 aliphatic carbocycles. The van der Waals surface area contributed by atoms with Gasteiger partial charge >= 0.3 is 5.97 Å². The first-order valence-electron chi connectivity index (χ1n) is 6.57. The van der Waals surface area contributed by atoms with Crippen molar-refractivity contribution in [3.8, 4) is 0 Å². The molecule has 1 fully saturated rings. The van der Waals surface area contributed by atoms with Gasteiger partial charge in [-0.05, 0) is 46.1 Å². The highest BCUT2D eigenvalue weighted by Crippen LogP contribution is 2.33. The summed E-state index contributed by atoms with van der Waals surface area (Å²) in [6.45, 7) is 7.91. The zero-order valence-corrected chi connectivity index (χ0v) is 11.1. The van der Waals surface area contributed by atoms with Gasteiger partial charge in [0, 0.05) is 12.6 Å². The van der Waals surface area contributed by atoms with E-state index in [4.69, 9.17) is 5.11 Å². The Kier molecular flexibility index (Phi) is 4.95. The van der Waals surface area contributed by atoms with Gasteiger partial charge in [0.05, 0.1) is 11.5 Å². The van der Waals surface area contributed by atoms with E-state index in [1.165, 1.54) is 0 Å². The van der Waals surface area contributed by atoms with Gasteiger partial charge in [0.1, 0.15) is 0 Å². The molecule has 0 bridgehead atoms. The van der Waals surface area contributed by atoms with Gasteiger partial charge in [-0.2, -0.15) is 0 Å². The lowest BCUT2D eigenvalue weighted by atomic mass is 9.78. The van der Waals surface area contributed by atoms with Crippen LogP contribution in [0.25, 0.3) is 0 Å². The van der Waals surface area contributed by atoms with Crippen LogP contribution in [0.3, 0.4) is 0 Å². The number of rotatable bonds is 5. The Hall–Kier alpha value is -0.610. The van der Waals surface area contributed by atoms with Crippen LogP contribution in [0.15, 0.2) is 0 Å². The molecule has 100 valence electrons. The van der Waals surface area contributed by atoms with E-state index in [0.29, 0.717) is 38.3 Å². The van der Waals surface area contributed by atoms with Gasteiger partial charge in [-0.25, -0.2) is 0 Å². The maximum Gasteiger partial charge on any atom is 0.306 e. The minimum Gasteiger partial charge on any atom is -0.481 e. The summed E-state index contributed by atoms with van der Waals surface area (Å²) in [7, 11) is 0. The Bertz CT molecular complexity index is 257.